The Bertz CT molecular complexity index is 73.5. The van der Waals surface area contributed by atoms with Gasteiger partial charge in [-0.1, -0.05) is 0 Å². The Labute approximate surface area is 43.9 Å². The van der Waals surface area contributed by atoms with Gasteiger partial charge < -0.3 is 0 Å². The van der Waals surface area contributed by atoms with Crippen molar-refractivity contribution in [3.05, 3.63) is 12.2 Å². The first-order valence-electron chi connectivity index (χ1n) is 1.91. The fourth-order valence-corrected chi connectivity index (χ4v) is 1.46. The van der Waals surface area contributed by atoms with E-state index in [2.05, 4.69) is 10.0 Å². The van der Waals surface area contributed by atoms with E-state index in [9.17, 15) is 0 Å². The summed E-state index contributed by atoms with van der Waals surface area (Å²) in [5.41, 5.74) is 0. The van der Waals surface area contributed by atoms with E-state index in [4.69, 9.17) is 0 Å². The van der Waals surface area contributed by atoms with Crippen LogP contribution in [0.15, 0.2) is 16.1 Å². The van der Waals surface area contributed by atoms with Crippen LogP contribution in [-0.2, 0) is 0 Å². The Morgan fingerprint density at radius 1 is 1.67 bits per heavy atom. The van der Waals surface area contributed by atoms with E-state index in [0.29, 0.717) is 0 Å². The molecule has 0 saturated carbocycles. The second kappa shape index (κ2) is 2.18. The maximum atomic E-state index is 4.09. The summed E-state index contributed by atoms with van der Waals surface area (Å²) >= 11 is 0.0903. The Balaban J connectivity index is 2.46. The summed E-state index contributed by atoms with van der Waals surface area (Å²) in [7, 11) is 0. The van der Waals surface area contributed by atoms with Gasteiger partial charge in [0.15, 0.2) is 0 Å². The summed E-state index contributed by atoms with van der Waals surface area (Å²) in [6.45, 7) is 0. The van der Waals surface area contributed by atoms with Crippen molar-refractivity contribution in [3.63, 3.8) is 0 Å². The minimum absolute atomic E-state index is 0.0903. The second-order valence-corrected chi connectivity index (χ2v) is 3.13. The van der Waals surface area contributed by atoms with E-state index in [1.54, 1.807) is 0 Å². The normalized spacial score (nSPS) is 18.7. The molecule has 1 aliphatic heterocycles. The summed E-state index contributed by atoms with van der Waals surface area (Å²) in [6, 6.07) is 0. The molecule has 1 nitrogen and oxygen atoms in total. The predicted molar refractivity (Wildman–Crippen MR) is 28.2 cm³/mol. The molecule has 0 spiro atoms. The molecule has 1 heterocycles. The molecule has 0 bridgehead atoms. The average molecular weight is 140 g/mol. The van der Waals surface area contributed by atoms with E-state index >= 15 is 0 Å². The molecule has 0 N–H and O–H groups in total. The molecule has 0 unspecified atom stereocenters. The Morgan fingerprint density at radius 2 is 2.67 bits per heavy atom. The minimum atomic E-state index is 0.0903. The molecule has 0 amide bonds. The average Bonchev–Trinajstić information content (AvgIpc) is 1.72. The summed E-state index contributed by atoms with van der Waals surface area (Å²) in [6.07, 6.45) is 6.07. The van der Waals surface area contributed by atoms with Crippen LogP contribution < -0.4 is 0 Å². The summed E-state index contributed by atoms with van der Waals surface area (Å²) in [5.74, 6) is 0. The van der Waals surface area contributed by atoms with Crippen molar-refractivity contribution in [2.24, 2.45) is 3.95 Å². The van der Waals surface area contributed by atoms with Gasteiger partial charge in [0.2, 0.25) is 0 Å². The van der Waals surface area contributed by atoms with Crippen molar-refractivity contribution < 1.29 is 0 Å². The Kier molecular flexibility index (Phi) is 1.50. The van der Waals surface area contributed by atoms with Crippen molar-refractivity contribution in [2.75, 3.05) is 0 Å². The molecule has 0 aromatic rings. The zero-order valence-electron chi connectivity index (χ0n) is 3.39. The van der Waals surface area contributed by atoms with E-state index in [-0.39, 0.29) is 15.7 Å². The molecule has 1 rings (SSSR count). The summed E-state index contributed by atoms with van der Waals surface area (Å²) < 4.78 is 4.09. The molecule has 1 aliphatic rings. The van der Waals surface area contributed by atoms with Crippen molar-refractivity contribution in [3.8, 4) is 0 Å². The first-order valence-corrected chi connectivity index (χ1v) is 4.33. The number of allylic oxidation sites excluding steroid dienone is 2. The molecule has 30 valence electrons. The Hall–Kier alpha value is -0.0471. The molecule has 2 heteroatoms. The van der Waals surface area contributed by atoms with Gasteiger partial charge in [-0.2, -0.15) is 0 Å². The molecular weight excluding hydrogens is 135 g/mol. The van der Waals surface area contributed by atoms with Gasteiger partial charge in [-0.05, 0) is 0 Å². The molecule has 6 heavy (non-hydrogen) atoms. The molecule has 0 fully saturated rings. The van der Waals surface area contributed by atoms with Gasteiger partial charge >= 0.3 is 43.2 Å². The number of hydrogen-bond donors (Lipinski definition) is 0. The van der Waals surface area contributed by atoms with Crippen LogP contribution in [0.5, 0.6) is 0 Å². The van der Waals surface area contributed by atoms with Crippen LogP contribution in [0.25, 0.3) is 0 Å². The van der Waals surface area contributed by atoms with Crippen LogP contribution in [-0.4, -0.2) is 21.9 Å². The topological polar surface area (TPSA) is 12.4 Å². The van der Waals surface area contributed by atoms with Crippen LogP contribution >= 0.6 is 0 Å². The van der Waals surface area contributed by atoms with E-state index < -0.39 is 0 Å². The molecule has 0 aromatic heterocycles. The Morgan fingerprint density at radius 3 is 2.83 bits per heavy atom. The monoisotopic (exact) mass is 141 g/mol. The first-order chi connectivity index (χ1) is 3.00. The molecular formula is C4H5GeN. The van der Waals surface area contributed by atoms with Crippen LogP contribution in [0.3, 0.4) is 0 Å². The zero-order chi connectivity index (χ0) is 4.24. The third-order valence-electron chi connectivity index (χ3n) is 0.597. The summed E-state index contributed by atoms with van der Waals surface area (Å²) in [5, 5.41) is 1.25. The zero-order valence-corrected chi connectivity index (χ0v) is 5.48. The molecule has 2 radical (unpaired) electrons. The van der Waals surface area contributed by atoms with Gasteiger partial charge in [0.1, 0.15) is 0 Å². The third kappa shape index (κ3) is 0.973. The van der Waals surface area contributed by atoms with Gasteiger partial charge in [0.25, 0.3) is 0 Å². The van der Waals surface area contributed by atoms with Crippen LogP contribution in [0.1, 0.15) is 0 Å². The molecule has 0 saturated heterocycles. The van der Waals surface area contributed by atoms with Crippen LogP contribution in [0.4, 0.5) is 0 Å². The second-order valence-electron chi connectivity index (χ2n) is 1.07. The van der Waals surface area contributed by atoms with Crippen LogP contribution in [0, 0.1) is 0 Å². The van der Waals surface area contributed by atoms with Gasteiger partial charge in [-0.3, -0.25) is 0 Å². The van der Waals surface area contributed by atoms with Crippen molar-refractivity contribution in [2.45, 2.75) is 5.25 Å². The molecule has 0 atom stereocenters. The molecule has 0 aromatic carbocycles. The first kappa shape index (κ1) is 4.12. The summed E-state index contributed by atoms with van der Waals surface area (Å²) in [4.78, 5) is 0. The number of nitrogens with zero attached hydrogens (tertiary/aromatic N) is 1. The van der Waals surface area contributed by atoms with Crippen molar-refractivity contribution in [1.82, 2.24) is 0 Å². The van der Waals surface area contributed by atoms with Crippen LogP contribution in [0.2, 0.25) is 5.25 Å². The van der Waals surface area contributed by atoms with E-state index in [1.165, 1.54) is 5.25 Å². The number of rotatable bonds is 0. The SMILES string of the molecule is C1=C[CH2][Ge][N]=C1. The number of hydrogen-bond acceptors (Lipinski definition) is 1. The predicted octanol–water partition coefficient (Wildman–Crippen LogP) is 0.664. The van der Waals surface area contributed by atoms with E-state index in [0.717, 1.165) is 0 Å². The maximum absolute atomic E-state index is 4.09. The fourth-order valence-electron chi connectivity index (χ4n) is 0.330. The fraction of sp³-hybridized carbons (Fsp3) is 0.250. The van der Waals surface area contributed by atoms with Crippen molar-refractivity contribution >= 4 is 21.9 Å². The van der Waals surface area contributed by atoms with Gasteiger partial charge in [0.05, 0.1) is 0 Å². The van der Waals surface area contributed by atoms with Crippen molar-refractivity contribution in [1.29, 1.82) is 0 Å². The third-order valence-corrected chi connectivity index (χ3v) is 2.17. The van der Waals surface area contributed by atoms with E-state index in [1.807, 2.05) is 12.3 Å². The quantitative estimate of drug-likeness (QED) is 0.438. The standard InChI is InChI=1S/C4H5GeN/c1-2-4-6-5-3-1/h1-2,4H,3H2. The van der Waals surface area contributed by atoms with Gasteiger partial charge in [0, 0.05) is 0 Å². The van der Waals surface area contributed by atoms with Gasteiger partial charge in [-0.15, -0.1) is 0 Å². The molecule has 0 aliphatic carbocycles. The van der Waals surface area contributed by atoms with Gasteiger partial charge in [-0.25, -0.2) is 0 Å².